The van der Waals surface area contributed by atoms with Crippen LogP contribution in [0.1, 0.15) is 12.8 Å². The summed E-state index contributed by atoms with van der Waals surface area (Å²) in [7, 11) is 0. The molecule has 12 heavy (non-hydrogen) atoms. The Kier molecular flexibility index (Phi) is 1.77. The van der Waals surface area contributed by atoms with Gasteiger partial charge in [0.2, 0.25) is 0 Å². The molecule has 1 fully saturated rings. The second-order valence-corrected chi connectivity index (χ2v) is 2.83. The van der Waals surface area contributed by atoms with E-state index in [0.717, 1.165) is 30.7 Å². The Morgan fingerprint density at radius 2 is 2.17 bits per heavy atom. The van der Waals surface area contributed by atoms with Crippen molar-refractivity contribution in [2.75, 3.05) is 18.0 Å². The average molecular weight is 166 g/mol. The third-order valence-corrected chi connectivity index (χ3v) is 2.00. The minimum Gasteiger partial charge on any atom is -0.740 e. The number of anilines is 1. The van der Waals surface area contributed by atoms with Crippen LogP contribution in [0.5, 0.6) is 0 Å². The van der Waals surface area contributed by atoms with Gasteiger partial charge < -0.3 is 5.21 Å². The fourth-order valence-electron chi connectivity index (χ4n) is 1.41. The first-order valence-electron chi connectivity index (χ1n) is 4.04. The summed E-state index contributed by atoms with van der Waals surface area (Å²) in [6.45, 7) is 1.84. The van der Waals surface area contributed by atoms with Crippen LogP contribution < -0.4 is 9.63 Å². The maximum absolute atomic E-state index is 11.2. The van der Waals surface area contributed by atoms with Crippen molar-refractivity contribution in [1.29, 1.82) is 0 Å². The maximum atomic E-state index is 11.2. The molecule has 0 bridgehead atoms. The lowest BCUT2D eigenvalue weighted by molar-refractivity contribution is -0.595. The van der Waals surface area contributed by atoms with Gasteiger partial charge in [-0.3, -0.25) is 4.90 Å². The normalized spacial score (nSPS) is 16.8. The van der Waals surface area contributed by atoms with Gasteiger partial charge in [-0.05, 0) is 12.8 Å². The molecule has 64 valence electrons. The maximum Gasteiger partial charge on any atom is 0.417 e. The molecule has 2 rings (SSSR count). The van der Waals surface area contributed by atoms with E-state index in [9.17, 15) is 5.21 Å². The molecule has 0 unspecified atom stereocenters. The second kappa shape index (κ2) is 2.92. The zero-order valence-corrected chi connectivity index (χ0v) is 6.68. The van der Waals surface area contributed by atoms with Crippen LogP contribution in [0.15, 0.2) is 12.4 Å². The van der Waals surface area contributed by atoms with Crippen LogP contribution in [0.25, 0.3) is 0 Å². The van der Waals surface area contributed by atoms with E-state index in [-0.39, 0.29) is 0 Å². The summed E-state index contributed by atoms with van der Waals surface area (Å²) in [5.74, 6) is 0.426. The fourth-order valence-corrected chi connectivity index (χ4v) is 1.41. The van der Waals surface area contributed by atoms with E-state index < -0.39 is 0 Å². The average Bonchev–Trinajstić information content (AvgIpc) is 2.57. The molecule has 1 aliphatic heterocycles. The highest BCUT2D eigenvalue weighted by molar-refractivity contribution is 5.22. The summed E-state index contributed by atoms with van der Waals surface area (Å²) in [6, 6.07) is 0. The van der Waals surface area contributed by atoms with Crippen molar-refractivity contribution in [1.82, 2.24) is 10.2 Å². The predicted molar refractivity (Wildman–Crippen MR) is 42.4 cm³/mol. The van der Waals surface area contributed by atoms with Crippen molar-refractivity contribution >= 4 is 5.95 Å². The fraction of sp³-hybridized carbons (Fsp3) is 0.571. The van der Waals surface area contributed by atoms with Gasteiger partial charge in [-0.25, -0.2) is 4.73 Å². The Labute approximate surface area is 70.2 Å². The lowest BCUT2D eigenvalue weighted by atomic mass is 10.4. The Bertz CT molecular complexity index is 272. The summed E-state index contributed by atoms with van der Waals surface area (Å²) in [5, 5.41) is 18.6. The number of hydrogen-bond donors (Lipinski definition) is 0. The predicted octanol–water partition coefficient (Wildman–Crippen LogP) is -0.290. The largest absolute Gasteiger partial charge is 0.740 e. The molecule has 0 radical (unpaired) electrons. The highest BCUT2D eigenvalue weighted by Crippen LogP contribution is 2.11. The van der Waals surface area contributed by atoms with Gasteiger partial charge in [-0.15, -0.1) is 0 Å². The van der Waals surface area contributed by atoms with Gasteiger partial charge in [0.15, 0.2) is 0 Å². The van der Waals surface area contributed by atoms with Crippen LogP contribution in [0.4, 0.5) is 5.95 Å². The molecule has 2 heterocycles. The molecule has 0 amide bonds. The topological polar surface area (TPSA) is 56.0 Å². The van der Waals surface area contributed by atoms with Gasteiger partial charge in [-0.1, -0.05) is 5.10 Å². The standard InChI is InChI=1S/C7H10N4O/c12-11-6-3-8-9-7(11)10-4-1-2-5-10/h3,6H,1-2,4-5H2. The van der Waals surface area contributed by atoms with Gasteiger partial charge >= 0.3 is 5.95 Å². The molecule has 0 spiro atoms. The Balaban J connectivity index is 2.26. The van der Waals surface area contributed by atoms with Gasteiger partial charge in [0.05, 0.1) is 25.5 Å². The molecule has 5 nitrogen and oxygen atoms in total. The zero-order chi connectivity index (χ0) is 8.39. The highest BCUT2D eigenvalue weighted by atomic mass is 16.5. The van der Waals surface area contributed by atoms with Gasteiger partial charge in [-0.2, -0.15) is 0 Å². The molecule has 0 saturated carbocycles. The Morgan fingerprint density at radius 1 is 1.42 bits per heavy atom. The summed E-state index contributed by atoms with van der Waals surface area (Å²) in [5.41, 5.74) is 0. The Hall–Kier alpha value is -1.39. The van der Waals surface area contributed by atoms with Crippen molar-refractivity contribution in [3.8, 4) is 0 Å². The van der Waals surface area contributed by atoms with E-state index in [1.165, 1.54) is 12.4 Å². The van der Waals surface area contributed by atoms with Crippen LogP contribution in [-0.2, 0) is 0 Å². The highest BCUT2D eigenvalue weighted by Gasteiger charge is 2.22. The van der Waals surface area contributed by atoms with Crippen LogP contribution in [-0.4, -0.2) is 23.3 Å². The van der Waals surface area contributed by atoms with E-state index in [1.807, 2.05) is 4.90 Å². The first kappa shape index (κ1) is 7.27. The van der Waals surface area contributed by atoms with Crippen molar-refractivity contribution in [2.24, 2.45) is 0 Å². The van der Waals surface area contributed by atoms with Crippen LogP contribution in [0, 0.1) is 5.21 Å². The second-order valence-electron chi connectivity index (χ2n) is 2.83. The smallest absolute Gasteiger partial charge is 0.417 e. The monoisotopic (exact) mass is 166 g/mol. The third kappa shape index (κ3) is 1.17. The number of nitrogens with zero attached hydrogens (tertiary/aromatic N) is 4. The Morgan fingerprint density at radius 3 is 2.83 bits per heavy atom. The van der Waals surface area contributed by atoms with Gasteiger partial charge in [0.25, 0.3) is 0 Å². The lowest BCUT2D eigenvalue weighted by Gasteiger charge is -2.12. The number of rotatable bonds is 1. The molecular formula is C7H10N4O. The van der Waals surface area contributed by atoms with E-state index in [1.54, 1.807) is 0 Å². The van der Waals surface area contributed by atoms with Crippen molar-refractivity contribution in [3.63, 3.8) is 0 Å². The van der Waals surface area contributed by atoms with Crippen LogP contribution in [0.2, 0.25) is 0 Å². The van der Waals surface area contributed by atoms with Crippen LogP contribution >= 0.6 is 0 Å². The molecule has 1 aromatic heterocycles. The molecule has 1 aliphatic rings. The summed E-state index contributed by atoms with van der Waals surface area (Å²) in [4.78, 5) is 1.96. The SMILES string of the molecule is [O-][n+]1ccnnc1N1CCCC1. The molecule has 5 heteroatoms. The zero-order valence-electron chi connectivity index (χ0n) is 6.68. The number of aromatic nitrogens is 3. The van der Waals surface area contributed by atoms with E-state index in [2.05, 4.69) is 10.2 Å². The molecule has 0 aliphatic carbocycles. The molecule has 1 aromatic rings. The molecule has 0 aromatic carbocycles. The van der Waals surface area contributed by atoms with Crippen molar-refractivity contribution in [2.45, 2.75) is 12.8 Å². The lowest BCUT2D eigenvalue weighted by Crippen LogP contribution is -2.38. The van der Waals surface area contributed by atoms with E-state index in [4.69, 9.17) is 0 Å². The van der Waals surface area contributed by atoms with Crippen molar-refractivity contribution in [3.05, 3.63) is 17.6 Å². The van der Waals surface area contributed by atoms with Crippen molar-refractivity contribution < 1.29 is 4.73 Å². The summed E-state index contributed by atoms with van der Waals surface area (Å²) >= 11 is 0. The quantitative estimate of drug-likeness (QED) is 0.425. The van der Waals surface area contributed by atoms with Gasteiger partial charge in [0, 0.05) is 5.10 Å². The minimum atomic E-state index is 0.426. The van der Waals surface area contributed by atoms with Gasteiger partial charge in [0.1, 0.15) is 0 Å². The summed E-state index contributed by atoms with van der Waals surface area (Å²) in [6.07, 6.45) is 5.04. The molecule has 0 atom stereocenters. The first-order valence-corrected chi connectivity index (χ1v) is 4.04. The van der Waals surface area contributed by atoms with Crippen LogP contribution in [0.3, 0.4) is 0 Å². The van der Waals surface area contributed by atoms with E-state index >= 15 is 0 Å². The molecule has 1 saturated heterocycles. The first-order chi connectivity index (χ1) is 5.88. The molecule has 0 N–H and O–H groups in total. The number of hydrogen-bond acceptors (Lipinski definition) is 4. The third-order valence-electron chi connectivity index (χ3n) is 2.00. The molecular weight excluding hydrogens is 156 g/mol. The van der Waals surface area contributed by atoms with E-state index in [0.29, 0.717) is 5.95 Å². The minimum absolute atomic E-state index is 0.426. The summed E-state index contributed by atoms with van der Waals surface area (Å²) < 4.78 is 0.762.